The number of nitrogens with one attached hydrogen (secondary N) is 1. The topological polar surface area (TPSA) is 72.3 Å². The fourth-order valence-corrected chi connectivity index (χ4v) is 3.04. The van der Waals surface area contributed by atoms with Crippen LogP contribution in [0.3, 0.4) is 0 Å². The van der Waals surface area contributed by atoms with Gasteiger partial charge in [-0.1, -0.05) is 5.21 Å². The Balaban J connectivity index is 0.00000225. The van der Waals surface area contributed by atoms with E-state index in [0.29, 0.717) is 18.3 Å². The van der Waals surface area contributed by atoms with Gasteiger partial charge in [0.2, 0.25) is 0 Å². The first kappa shape index (κ1) is 19.2. The first-order valence-electron chi connectivity index (χ1n) is 8.17. The van der Waals surface area contributed by atoms with Crippen molar-refractivity contribution in [3.8, 4) is 11.4 Å². The number of carbonyl (C=O) groups is 1. The summed E-state index contributed by atoms with van der Waals surface area (Å²) in [5.74, 6) is 0.728. The number of carbonyl (C=O) groups excluding carboxylic acids is 1. The number of halogens is 1. The molecule has 1 aliphatic heterocycles. The van der Waals surface area contributed by atoms with E-state index >= 15 is 0 Å². The SMILES string of the molecule is CNC1CCCN(C(=O)c2nnn(-c3ccc(OC)cc3)c2C)C1.Cl. The van der Waals surface area contributed by atoms with Gasteiger partial charge < -0.3 is 15.0 Å². The van der Waals surface area contributed by atoms with Crippen molar-refractivity contribution in [1.82, 2.24) is 25.2 Å². The molecule has 0 saturated carbocycles. The van der Waals surface area contributed by atoms with Crippen LogP contribution in [0.5, 0.6) is 5.75 Å². The summed E-state index contributed by atoms with van der Waals surface area (Å²) >= 11 is 0. The lowest BCUT2D eigenvalue weighted by atomic mass is 10.1. The highest BCUT2D eigenvalue weighted by atomic mass is 35.5. The molecule has 8 heteroatoms. The molecule has 136 valence electrons. The van der Waals surface area contributed by atoms with E-state index in [9.17, 15) is 4.79 Å². The maximum atomic E-state index is 12.8. The van der Waals surface area contributed by atoms with Crippen LogP contribution in [0, 0.1) is 6.92 Å². The number of rotatable bonds is 4. The summed E-state index contributed by atoms with van der Waals surface area (Å²) in [5.41, 5.74) is 2.02. The second kappa shape index (κ2) is 8.31. The predicted molar refractivity (Wildman–Crippen MR) is 97.9 cm³/mol. The van der Waals surface area contributed by atoms with Crippen LogP contribution in [0.15, 0.2) is 24.3 Å². The Morgan fingerprint density at radius 3 is 2.68 bits per heavy atom. The second-order valence-corrected chi connectivity index (χ2v) is 6.01. The molecule has 25 heavy (non-hydrogen) atoms. The van der Waals surface area contributed by atoms with Crippen LogP contribution in [0.4, 0.5) is 0 Å². The van der Waals surface area contributed by atoms with Gasteiger partial charge >= 0.3 is 0 Å². The first-order chi connectivity index (χ1) is 11.6. The molecule has 1 amide bonds. The van der Waals surface area contributed by atoms with Crippen molar-refractivity contribution in [3.63, 3.8) is 0 Å². The fraction of sp³-hybridized carbons (Fsp3) is 0.471. The van der Waals surface area contributed by atoms with Gasteiger partial charge in [0.25, 0.3) is 5.91 Å². The van der Waals surface area contributed by atoms with Crippen molar-refractivity contribution < 1.29 is 9.53 Å². The summed E-state index contributed by atoms with van der Waals surface area (Å²) in [4.78, 5) is 14.7. The molecule has 1 atom stereocenters. The molecule has 1 unspecified atom stereocenters. The van der Waals surface area contributed by atoms with Crippen molar-refractivity contribution in [1.29, 1.82) is 0 Å². The predicted octanol–water partition coefficient (Wildman–Crippen LogP) is 1.83. The average Bonchev–Trinajstić information content (AvgIpc) is 3.02. The molecule has 7 nitrogen and oxygen atoms in total. The van der Waals surface area contributed by atoms with Crippen LogP contribution >= 0.6 is 12.4 Å². The summed E-state index contributed by atoms with van der Waals surface area (Å²) < 4.78 is 6.85. The number of nitrogens with zero attached hydrogens (tertiary/aromatic N) is 4. The third-order valence-electron chi connectivity index (χ3n) is 4.53. The van der Waals surface area contributed by atoms with E-state index in [0.717, 1.165) is 36.5 Å². The van der Waals surface area contributed by atoms with Gasteiger partial charge in [-0.3, -0.25) is 4.79 Å². The van der Waals surface area contributed by atoms with Gasteiger partial charge in [0, 0.05) is 19.1 Å². The summed E-state index contributed by atoms with van der Waals surface area (Å²) in [6.07, 6.45) is 2.10. The second-order valence-electron chi connectivity index (χ2n) is 6.01. The van der Waals surface area contributed by atoms with E-state index in [1.807, 2.05) is 43.1 Å². The van der Waals surface area contributed by atoms with E-state index in [4.69, 9.17) is 4.74 Å². The summed E-state index contributed by atoms with van der Waals surface area (Å²) in [5, 5.41) is 11.5. The first-order valence-corrected chi connectivity index (χ1v) is 8.17. The number of ether oxygens (including phenoxy) is 1. The largest absolute Gasteiger partial charge is 0.497 e. The minimum absolute atomic E-state index is 0. The monoisotopic (exact) mass is 365 g/mol. The summed E-state index contributed by atoms with van der Waals surface area (Å²) in [6, 6.07) is 7.86. The number of piperidine rings is 1. The van der Waals surface area contributed by atoms with E-state index in [1.165, 1.54) is 0 Å². The zero-order valence-corrected chi connectivity index (χ0v) is 15.5. The summed E-state index contributed by atoms with van der Waals surface area (Å²) in [7, 11) is 3.56. The van der Waals surface area contributed by atoms with Crippen molar-refractivity contribution in [2.75, 3.05) is 27.2 Å². The molecule has 2 aromatic rings. The molecule has 0 bridgehead atoms. The molecule has 1 aromatic heterocycles. The highest BCUT2D eigenvalue weighted by Gasteiger charge is 2.27. The Hall–Kier alpha value is -2.12. The molecular weight excluding hydrogens is 342 g/mol. The lowest BCUT2D eigenvalue weighted by Gasteiger charge is -2.32. The van der Waals surface area contributed by atoms with Gasteiger partial charge in [0.1, 0.15) is 5.75 Å². The Morgan fingerprint density at radius 2 is 2.04 bits per heavy atom. The Morgan fingerprint density at radius 1 is 1.32 bits per heavy atom. The van der Waals surface area contributed by atoms with E-state index in [2.05, 4.69) is 15.6 Å². The minimum Gasteiger partial charge on any atom is -0.497 e. The molecule has 2 heterocycles. The average molecular weight is 366 g/mol. The Labute approximate surface area is 153 Å². The van der Waals surface area contributed by atoms with Crippen LogP contribution in [-0.4, -0.2) is 59.1 Å². The van der Waals surface area contributed by atoms with Crippen LogP contribution in [0.25, 0.3) is 5.69 Å². The number of aromatic nitrogens is 3. The van der Waals surface area contributed by atoms with Crippen LogP contribution in [0.2, 0.25) is 0 Å². The number of methoxy groups -OCH3 is 1. The van der Waals surface area contributed by atoms with E-state index in [-0.39, 0.29) is 18.3 Å². The molecule has 0 aliphatic carbocycles. The third kappa shape index (κ3) is 3.93. The number of hydrogen-bond donors (Lipinski definition) is 1. The zero-order chi connectivity index (χ0) is 17.1. The lowest BCUT2D eigenvalue weighted by Crippen LogP contribution is -2.47. The number of benzene rings is 1. The van der Waals surface area contributed by atoms with Crippen LogP contribution < -0.4 is 10.1 Å². The molecule has 1 saturated heterocycles. The molecular formula is C17H24ClN5O2. The van der Waals surface area contributed by atoms with Gasteiger partial charge in [-0.05, 0) is 51.1 Å². The Bertz CT molecular complexity index is 716. The zero-order valence-electron chi connectivity index (χ0n) is 14.7. The van der Waals surface area contributed by atoms with Crippen molar-refractivity contribution in [2.45, 2.75) is 25.8 Å². The van der Waals surface area contributed by atoms with E-state index in [1.54, 1.807) is 11.8 Å². The van der Waals surface area contributed by atoms with Crippen molar-refractivity contribution in [3.05, 3.63) is 35.7 Å². The minimum atomic E-state index is -0.0489. The molecule has 1 aliphatic rings. The van der Waals surface area contributed by atoms with Crippen molar-refractivity contribution >= 4 is 18.3 Å². The van der Waals surface area contributed by atoms with Crippen molar-refractivity contribution in [2.24, 2.45) is 0 Å². The van der Waals surface area contributed by atoms with E-state index < -0.39 is 0 Å². The summed E-state index contributed by atoms with van der Waals surface area (Å²) in [6.45, 7) is 3.35. The van der Waals surface area contributed by atoms with Gasteiger partial charge in [-0.2, -0.15) is 0 Å². The molecule has 3 rings (SSSR count). The van der Waals surface area contributed by atoms with Crippen LogP contribution in [0.1, 0.15) is 29.0 Å². The Kier molecular flexibility index (Phi) is 6.39. The number of likely N-dealkylation sites (N-methyl/N-ethyl adjacent to an activating group) is 1. The highest BCUT2D eigenvalue weighted by molar-refractivity contribution is 5.93. The number of likely N-dealkylation sites (tertiary alicyclic amines) is 1. The lowest BCUT2D eigenvalue weighted by molar-refractivity contribution is 0.0691. The quantitative estimate of drug-likeness (QED) is 0.894. The molecule has 0 radical (unpaired) electrons. The smallest absolute Gasteiger partial charge is 0.276 e. The fourth-order valence-electron chi connectivity index (χ4n) is 3.04. The van der Waals surface area contributed by atoms with Crippen LogP contribution in [-0.2, 0) is 0 Å². The highest BCUT2D eigenvalue weighted by Crippen LogP contribution is 2.19. The third-order valence-corrected chi connectivity index (χ3v) is 4.53. The maximum absolute atomic E-state index is 12.8. The van der Waals surface area contributed by atoms with Gasteiger partial charge in [0.15, 0.2) is 5.69 Å². The standard InChI is InChI=1S/C17H23N5O2.ClH/c1-12-16(17(23)21-10-4-5-13(11-21)18-2)19-20-22(12)14-6-8-15(24-3)9-7-14;/h6-9,13,18H,4-5,10-11H2,1-3H3;1H. The number of hydrogen-bond acceptors (Lipinski definition) is 5. The molecule has 0 spiro atoms. The molecule has 1 N–H and O–H groups in total. The number of amides is 1. The van der Waals surface area contributed by atoms with Gasteiger partial charge in [-0.25, -0.2) is 4.68 Å². The maximum Gasteiger partial charge on any atom is 0.276 e. The normalized spacial score (nSPS) is 17.1. The van der Waals surface area contributed by atoms with Gasteiger partial charge in [-0.15, -0.1) is 17.5 Å². The van der Waals surface area contributed by atoms with Gasteiger partial charge in [0.05, 0.1) is 18.5 Å². The molecule has 1 aromatic carbocycles. The molecule has 1 fully saturated rings.